The molecule has 5 heteroatoms. The minimum atomic E-state index is -1.51. The fourth-order valence-electron chi connectivity index (χ4n) is 2.10. The van der Waals surface area contributed by atoms with E-state index in [1.54, 1.807) is 0 Å². The van der Waals surface area contributed by atoms with Crippen molar-refractivity contribution < 1.29 is 18.0 Å². The third-order valence-corrected chi connectivity index (χ3v) is 3.73. The molecule has 1 N–H and O–H groups in total. The van der Waals surface area contributed by atoms with Gasteiger partial charge in [-0.1, -0.05) is 13.0 Å². The van der Waals surface area contributed by atoms with Gasteiger partial charge in [0, 0.05) is 11.6 Å². The standard InChI is InChI=1S/C14H16F3NO/c1-3-8(2)18-13(19)14(6-7-14)9-4-5-10(15)12(17)11(9)16/h4-5,8H,3,6-7H2,1-2H3,(H,18,19). The molecular formula is C14H16F3NO. The second-order valence-corrected chi connectivity index (χ2v) is 5.09. The third-order valence-electron chi connectivity index (χ3n) is 3.73. The third kappa shape index (κ3) is 2.33. The van der Waals surface area contributed by atoms with Crippen LogP contribution in [0.5, 0.6) is 0 Å². The van der Waals surface area contributed by atoms with Crippen molar-refractivity contribution in [1.82, 2.24) is 5.32 Å². The summed E-state index contributed by atoms with van der Waals surface area (Å²) in [5.74, 6) is -4.32. The molecule has 19 heavy (non-hydrogen) atoms. The quantitative estimate of drug-likeness (QED) is 0.838. The maximum absolute atomic E-state index is 13.8. The Labute approximate surface area is 110 Å². The van der Waals surface area contributed by atoms with E-state index in [-0.39, 0.29) is 17.5 Å². The summed E-state index contributed by atoms with van der Waals surface area (Å²) in [5, 5.41) is 2.77. The SMILES string of the molecule is CCC(C)NC(=O)C1(c2ccc(F)c(F)c2F)CC1. The minimum Gasteiger partial charge on any atom is -0.353 e. The molecule has 1 unspecified atom stereocenters. The summed E-state index contributed by atoms with van der Waals surface area (Å²) in [6, 6.07) is 2.00. The van der Waals surface area contributed by atoms with Crippen molar-refractivity contribution >= 4 is 5.91 Å². The van der Waals surface area contributed by atoms with Crippen LogP contribution in [-0.4, -0.2) is 11.9 Å². The van der Waals surface area contributed by atoms with Gasteiger partial charge in [0.25, 0.3) is 0 Å². The maximum Gasteiger partial charge on any atom is 0.230 e. The molecule has 0 radical (unpaired) electrons. The Hall–Kier alpha value is -1.52. The van der Waals surface area contributed by atoms with Crippen LogP contribution in [-0.2, 0) is 10.2 Å². The highest BCUT2D eigenvalue weighted by Gasteiger charge is 2.53. The zero-order valence-electron chi connectivity index (χ0n) is 10.9. The molecule has 1 fully saturated rings. The van der Waals surface area contributed by atoms with Crippen LogP contribution in [0.4, 0.5) is 13.2 Å². The number of hydrogen-bond acceptors (Lipinski definition) is 1. The van der Waals surface area contributed by atoms with Gasteiger partial charge in [-0.15, -0.1) is 0 Å². The van der Waals surface area contributed by atoms with Crippen molar-refractivity contribution in [2.75, 3.05) is 0 Å². The lowest BCUT2D eigenvalue weighted by Crippen LogP contribution is -2.40. The van der Waals surface area contributed by atoms with Crippen molar-refractivity contribution in [3.63, 3.8) is 0 Å². The van der Waals surface area contributed by atoms with Crippen LogP contribution < -0.4 is 5.32 Å². The van der Waals surface area contributed by atoms with Gasteiger partial charge in [-0.2, -0.15) is 0 Å². The number of halogens is 3. The van der Waals surface area contributed by atoms with Crippen molar-refractivity contribution in [3.8, 4) is 0 Å². The second kappa shape index (κ2) is 4.87. The summed E-state index contributed by atoms with van der Waals surface area (Å²) in [6.07, 6.45) is 1.66. The van der Waals surface area contributed by atoms with Gasteiger partial charge in [0.05, 0.1) is 5.41 Å². The van der Waals surface area contributed by atoms with E-state index in [1.807, 2.05) is 13.8 Å². The molecule has 1 aromatic rings. The Kier molecular flexibility index (Phi) is 3.56. The largest absolute Gasteiger partial charge is 0.353 e. The summed E-state index contributed by atoms with van der Waals surface area (Å²) in [4.78, 5) is 12.2. The highest BCUT2D eigenvalue weighted by atomic mass is 19.2. The summed E-state index contributed by atoms with van der Waals surface area (Å²) >= 11 is 0. The summed E-state index contributed by atoms with van der Waals surface area (Å²) in [5.41, 5.74) is -1.07. The lowest BCUT2D eigenvalue weighted by Gasteiger charge is -2.19. The average molecular weight is 271 g/mol. The van der Waals surface area contributed by atoms with Crippen LogP contribution in [0.25, 0.3) is 0 Å². The molecule has 104 valence electrons. The minimum absolute atomic E-state index is 0.0293. The first kappa shape index (κ1) is 13.9. The fraction of sp³-hybridized carbons (Fsp3) is 0.500. The highest BCUT2D eigenvalue weighted by Crippen LogP contribution is 2.49. The maximum atomic E-state index is 13.8. The number of carbonyl (C=O) groups is 1. The Morgan fingerprint density at radius 1 is 1.32 bits per heavy atom. The number of amides is 1. The first-order valence-corrected chi connectivity index (χ1v) is 6.37. The zero-order chi connectivity index (χ0) is 14.2. The van der Waals surface area contributed by atoms with Gasteiger partial charge in [-0.25, -0.2) is 13.2 Å². The fourth-order valence-corrected chi connectivity index (χ4v) is 2.10. The summed E-state index contributed by atoms with van der Waals surface area (Å²) in [7, 11) is 0. The first-order valence-electron chi connectivity index (χ1n) is 6.37. The number of benzene rings is 1. The molecular weight excluding hydrogens is 255 g/mol. The van der Waals surface area contributed by atoms with Crippen molar-refractivity contribution in [2.24, 2.45) is 0 Å². The van der Waals surface area contributed by atoms with E-state index in [9.17, 15) is 18.0 Å². The predicted octanol–water partition coefficient (Wildman–Crippen LogP) is 3.05. The molecule has 2 nitrogen and oxygen atoms in total. The molecule has 1 atom stereocenters. The van der Waals surface area contributed by atoms with E-state index in [2.05, 4.69) is 5.32 Å². The molecule has 1 aromatic carbocycles. The molecule has 0 bridgehead atoms. The van der Waals surface area contributed by atoms with Gasteiger partial charge >= 0.3 is 0 Å². The van der Waals surface area contributed by atoms with Crippen molar-refractivity contribution in [2.45, 2.75) is 44.6 Å². The molecule has 0 aliphatic heterocycles. The van der Waals surface area contributed by atoms with Crippen LogP contribution in [0.15, 0.2) is 12.1 Å². The molecule has 0 heterocycles. The van der Waals surface area contributed by atoms with E-state index < -0.39 is 22.9 Å². The van der Waals surface area contributed by atoms with E-state index in [0.717, 1.165) is 18.6 Å². The highest BCUT2D eigenvalue weighted by molar-refractivity contribution is 5.91. The summed E-state index contributed by atoms with van der Waals surface area (Å²) in [6.45, 7) is 3.76. The second-order valence-electron chi connectivity index (χ2n) is 5.09. The van der Waals surface area contributed by atoms with Crippen LogP contribution in [0.1, 0.15) is 38.7 Å². The molecule has 0 saturated heterocycles. The molecule has 2 rings (SSSR count). The van der Waals surface area contributed by atoms with Crippen LogP contribution >= 0.6 is 0 Å². The first-order chi connectivity index (χ1) is 8.92. The van der Waals surface area contributed by atoms with Gasteiger partial charge in [0.1, 0.15) is 0 Å². The van der Waals surface area contributed by atoms with Crippen LogP contribution in [0.3, 0.4) is 0 Å². The van der Waals surface area contributed by atoms with Crippen LogP contribution in [0, 0.1) is 17.5 Å². The molecule has 0 spiro atoms. The average Bonchev–Trinajstić information content (AvgIpc) is 3.17. The lowest BCUT2D eigenvalue weighted by atomic mass is 9.93. The Morgan fingerprint density at radius 3 is 2.47 bits per heavy atom. The Balaban J connectivity index is 2.31. The van der Waals surface area contributed by atoms with Gasteiger partial charge in [-0.05, 0) is 32.3 Å². The van der Waals surface area contributed by atoms with Crippen molar-refractivity contribution in [1.29, 1.82) is 0 Å². The zero-order valence-corrected chi connectivity index (χ0v) is 10.9. The Morgan fingerprint density at radius 2 is 1.95 bits per heavy atom. The number of nitrogens with one attached hydrogen (secondary N) is 1. The van der Waals surface area contributed by atoms with Crippen molar-refractivity contribution in [3.05, 3.63) is 35.1 Å². The predicted molar refractivity (Wildman–Crippen MR) is 65.1 cm³/mol. The molecule has 1 amide bonds. The molecule has 1 aliphatic carbocycles. The van der Waals surface area contributed by atoms with E-state index in [0.29, 0.717) is 12.8 Å². The number of rotatable bonds is 4. The Bertz CT molecular complexity index is 512. The van der Waals surface area contributed by atoms with Gasteiger partial charge in [0.2, 0.25) is 5.91 Å². The molecule has 1 saturated carbocycles. The van der Waals surface area contributed by atoms with E-state index in [1.165, 1.54) is 0 Å². The van der Waals surface area contributed by atoms with Gasteiger partial charge in [-0.3, -0.25) is 4.79 Å². The van der Waals surface area contributed by atoms with Gasteiger partial charge in [0.15, 0.2) is 17.5 Å². The van der Waals surface area contributed by atoms with E-state index >= 15 is 0 Å². The van der Waals surface area contributed by atoms with Gasteiger partial charge < -0.3 is 5.32 Å². The molecule has 1 aliphatic rings. The number of hydrogen-bond donors (Lipinski definition) is 1. The molecule has 0 aromatic heterocycles. The topological polar surface area (TPSA) is 29.1 Å². The lowest BCUT2D eigenvalue weighted by molar-refractivity contribution is -0.124. The van der Waals surface area contributed by atoms with Crippen LogP contribution in [0.2, 0.25) is 0 Å². The number of carbonyl (C=O) groups excluding carboxylic acids is 1. The monoisotopic (exact) mass is 271 g/mol. The summed E-state index contributed by atoms with van der Waals surface area (Å²) < 4.78 is 40.0. The van der Waals surface area contributed by atoms with E-state index in [4.69, 9.17) is 0 Å². The normalized spacial score (nSPS) is 17.9. The smallest absolute Gasteiger partial charge is 0.230 e.